The Labute approximate surface area is 170 Å². The standard InChI is InChI=1S/C17H28N2O5.2C2H6/c1-17(2,3)24-16(22)18-8-6-13(7-9-18)19-10-5-12(11-14(19)20)15(21)23-4;2*1-2/h12-13H,5-11H2,1-4H3;2*1-2H3. The molecule has 2 heterocycles. The van der Waals surface area contributed by atoms with Crippen LogP contribution in [-0.2, 0) is 19.1 Å². The van der Waals surface area contributed by atoms with E-state index < -0.39 is 5.60 Å². The molecular weight excluding hydrogens is 360 g/mol. The number of amides is 2. The molecule has 1 unspecified atom stereocenters. The number of rotatable bonds is 2. The fraction of sp³-hybridized carbons (Fsp3) is 0.857. The number of esters is 1. The number of hydrogen-bond acceptors (Lipinski definition) is 5. The van der Waals surface area contributed by atoms with Crippen molar-refractivity contribution < 1.29 is 23.9 Å². The molecule has 2 amide bonds. The van der Waals surface area contributed by atoms with Crippen molar-refractivity contribution in [1.82, 2.24) is 9.80 Å². The van der Waals surface area contributed by atoms with Crippen LogP contribution in [0.4, 0.5) is 4.79 Å². The van der Waals surface area contributed by atoms with Gasteiger partial charge in [0.05, 0.1) is 13.0 Å². The van der Waals surface area contributed by atoms with Crippen molar-refractivity contribution >= 4 is 18.0 Å². The summed E-state index contributed by atoms with van der Waals surface area (Å²) in [6.07, 6.45) is 2.06. The lowest BCUT2D eigenvalue weighted by atomic mass is 9.93. The third kappa shape index (κ3) is 8.07. The minimum Gasteiger partial charge on any atom is -0.469 e. The molecule has 0 N–H and O–H groups in total. The summed E-state index contributed by atoms with van der Waals surface area (Å²) in [7, 11) is 1.35. The first-order valence-electron chi connectivity index (χ1n) is 10.6. The Balaban J connectivity index is 0.00000171. The van der Waals surface area contributed by atoms with E-state index in [1.165, 1.54) is 7.11 Å². The summed E-state index contributed by atoms with van der Waals surface area (Å²) < 4.78 is 10.1. The van der Waals surface area contributed by atoms with E-state index in [9.17, 15) is 14.4 Å². The topological polar surface area (TPSA) is 76.2 Å². The first-order chi connectivity index (χ1) is 13.2. The van der Waals surface area contributed by atoms with Crippen molar-refractivity contribution in [3.8, 4) is 0 Å². The SMILES string of the molecule is CC.CC.COC(=O)C1CCN(C2CCN(C(=O)OC(C)(C)C)CC2)C(=O)C1. The summed E-state index contributed by atoms with van der Waals surface area (Å²) in [6, 6.07) is 0.134. The van der Waals surface area contributed by atoms with Crippen LogP contribution in [-0.4, -0.2) is 66.2 Å². The van der Waals surface area contributed by atoms with Crippen molar-refractivity contribution in [3.63, 3.8) is 0 Å². The van der Waals surface area contributed by atoms with E-state index in [-0.39, 0.29) is 36.4 Å². The Bertz CT molecular complexity index is 494. The fourth-order valence-electron chi connectivity index (χ4n) is 3.29. The van der Waals surface area contributed by atoms with Crippen LogP contribution in [0.5, 0.6) is 0 Å². The number of ether oxygens (including phenoxy) is 2. The monoisotopic (exact) mass is 400 g/mol. The highest BCUT2D eigenvalue weighted by Crippen LogP contribution is 2.26. The lowest BCUT2D eigenvalue weighted by Gasteiger charge is -2.41. The summed E-state index contributed by atoms with van der Waals surface area (Å²) in [5.74, 6) is -0.615. The number of likely N-dealkylation sites (tertiary alicyclic amines) is 2. The van der Waals surface area contributed by atoms with Gasteiger partial charge < -0.3 is 19.3 Å². The van der Waals surface area contributed by atoms with Gasteiger partial charge in [0.1, 0.15) is 5.60 Å². The highest BCUT2D eigenvalue weighted by molar-refractivity contribution is 5.84. The Hall–Kier alpha value is -1.79. The summed E-state index contributed by atoms with van der Waals surface area (Å²) in [6.45, 7) is 15.3. The van der Waals surface area contributed by atoms with Gasteiger partial charge in [0.25, 0.3) is 0 Å². The molecule has 0 aromatic carbocycles. The van der Waals surface area contributed by atoms with Gasteiger partial charge in [0.15, 0.2) is 0 Å². The van der Waals surface area contributed by atoms with E-state index in [1.54, 1.807) is 4.90 Å². The van der Waals surface area contributed by atoms with Crippen LogP contribution in [0.1, 0.15) is 74.1 Å². The molecule has 0 saturated carbocycles. The van der Waals surface area contributed by atoms with E-state index in [2.05, 4.69) is 0 Å². The van der Waals surface area contributed by atoms with E-state index in [1.807, 2.05) is 53.4 Å². The minimum absolute atomic E-state index is 0.00682. The average Bonchev–Trinajstić information content (AvgIpc) is 2.69. The molecule has 0 aromatic rings. The van der Waals surface area contributed by atoms with E-state index in [4.69, 9.17) is 9.47 Å². The van der Waals surface area contributed by atoms with Crippen molar-refractivity contribution in [3.05, 3.63) is 0 Å². The van der Waals surface area contributed by atoms with E-state index in [0.717, 1.165) is 12.8 Å². The highest BCUT2D eigenvalue weighted by Gasteiger charge is 2.36. The van der Waals surface area contributed by atoms with Gasteiger partial charge in [-0.2, -0.15) is 0 Å². The smallest absolute Gasteiger partial charge is 0.410 e. The molecule has 2 rings (SSSR count). The predicted molar refractivity (Wildman–Crippen MR) is 110 cm³/mol. The van der Waals surface area contributed by atoms with Crippen molar-refractivity contribution in [2.45, 2.75) is 85.8 Å². The second-order valence-corrected chi connectivity index (χ2v) is 7.50. The van der Waals surface area contributed by atoms with Gasteiger partial charge in [0.2, 0.25) is 5.91 Å². The Morgan fingerprint density at radius 1 is 0.964 bits per heavy atom. The maximum Gasteiger partial charge on any atom is 0.410 e. The van der Waals surface area contributed by atoms with Crippen molar-refractivity contribution in [2.75, 3.05) is 26.7 Å². The van der Waals surface area contributed by atoms with Crippen molar-refractivity contribution in [1.29, 1.82) is 0 Å². The van der Waals surface area contributed by atoms with Crippen LogP contribution in [0, 0.1) is 5.92 Å². The summed E-state index contributed by atoms with van der Waals surface area (Å²) in [4.78, 5) is 39.6. The Morgan fingerprint density at radius 2 is 1.50 bits per heavy atom. The predicted octanol–water partition coefficient (Wildman–Crippen LogP) is 3.85. The lowest BCUT2D eigenvalue weighted by molar-refractivity contribution is -0.153. The molecule has 0 aromatic heterocycles. The van der Waals surface area contributed by atoms with Crippen LogP contribution in [0.2, 0.25) is 0 Å². The quantitative estimate of drug-likeness (QED) is 0.658. The third-order valence-corrected chi connectivity index (χ3v) is 4.55. The first-order valence-corrected chi connectivity index (χ1v) is 10.6. The zero-order chi connectivity index (χ0) is 21.9. The second-order valence-electron chi connectivity index (χ2n) is 7.50. The van der Waals surface area contributed by atoms with Gasteiger partial charge in [-0.3, -0.25) is 9.59 Å². The number of carbonyl (C=O) groups is 3. The number of nitrogens with zero attached hydrogens (tertiary/aromatic N) is 2. The molecule has 2 aliphatic heterocycles. The molecular formula is C21H40N2O5. The van der Waals surface area contributed by atoms with Crippen molar-refractivity contribution in [2.24, 2.45) is 5.92 Å². The molecule has 2 saturated heterocycles. The average molecular weight is 401 g/mol. The van der Waals surface area contributed by atoms with Crippen LogP contribution in [0.3, 0.4) is 0 Å². The Kier molecular flexibility index (Phi) is 11.8. The van der Waals surface area contributed by atoms with Gasteiger partial charge in [-0.05, 0) is 40.0 Å². The number of piperidine rings is 2. The molecule has 7 nitrogen and oxygen atoms in total. The highest BCUT2D eigenvalue weighted by atomic mass is 16.6. The zero-order valence-corrected chi connectivity index (χ0v) is 19.0. The molecule has 0 radical (unpaired) electrons. The summed E-state index contributed by atoms with van der Waals surface area (Å²) in [5, 5.41) is 0. The number of methoxy groups -OCH3 is 1. The van der Waals surface area contributed by atoms with Gasteiger partial charge >= 0.3 is 12.1 Å². The Morgan fingerprint density at radius 3 is 1.93 bits per heavy atom. The number of carbonyl (C=O) groups excluding carboxylic acids is 3. The fourth-order valence-corrected chi connectivity index (χ4v) is 3.29. The summed E-state index contributed by atoms with van der Waals surface area (Å²) >= 11 is 0. The molecule has 28 heavy (non-hydrogen) atoms. The zero-order valence-electron chi connectivity index (χ0n) is 19.0. The van der Waals surface area contributed by atoms with Gasteiger partial charge in [0, 0.05) is 32.1 Å². The molecule has 1 atom stereocenters. The van der Waals surface area contributed by atoms with Gasteiger partial charge in [-0.1, -0.05) is 27.7 Å². The molecule has 2 aliphatic rings. The van der Waals surface area contributed by atoms with Crippen LogP contribution in [0.25, 0.3) is 0 Å². The molecule has 0 spiro atoms. The number of hydrogen-bond donors (Lipinski definition) is 0. The molecule has 2 fully saturated rings. The summed E-state index contributed by atoms with van der Waals surface area (Å²) in [5.41, 5.74) is -0.500. The normalized spacial score (nSPS) is 20.3. The molecule has 0 bridgehead atoms. The molecule has 7 heteroatoms. The second kappa shape index (κ2) is 12.6. The lowest BCUT2D eigenvalue weighted by Crippen LogP contribution is -2.52. The maximum atomic E-state index is 12.3. The van der Waals surface area contributed by atoms with E-state index >= 15 is 0 Å². The van der Waals surface area contributed by atoms with E-state index in [0.29, 0.717) is 26.1 Å². The van der Waals surface area contributed by atoms with Crippen LogP contribution >= 0.6 is 0 Å². The maximum absolute atomic E-state index is 12.3. The largest absolute Gasteiger partial charge is 0.469 e. The molecule has 164 valence electrons. The van der Waals surface area contributed by atoms with Gasteiger partial charge in [-0.15, -0.1) is 0 Å². The van der Waals surface area contributed by atoms with Crippen LogP contribution in [0.15, 0.2) is 0 Å². The third-order valence-electron chi connectivity index (χ3n) is 4.55. The van der Waals surface area contributed by atoms with Crippen LogP contribution < -0.4 is 0 Å². The van der Waals surface area contributed by atoms with Gasteiger partial charge in [-0.25, -0.2) is 4.79 Å². The first kappa shape index (κ1) is 26.2. The minimum atomic E-state index is -0.500. The molecule has 0 aliphatic carbocycles.